The Morgan fingerprint density at radius 1 is 1.29 bits per heavy atom. The summed E-state index contributed by atoms with van der Waals surface area (Å²) in [6, 6.07) is 5.23. The van der Waals surface area contributed by atoms with Gasteiger partial charge in [-0.1, -0.05) is 23.9 Å². The van der Waals surface area contributed by atoms with Crippen LogP contribution in [0.1, 0.15) is 12.5 Å². The van der Waals surface area contributed by atoms with Crippen molar-refractivity contribution in [2.45, 2.75) is 30.0 Å². The van der Waals surface area contributed by atoms with Crippen molar-refractivity contribution < 1.29 is 29.0 Å². The number of nitrogens with zero attached hydrogens (tertiary/aromatic N) is 5. The summed E-state index contributed by atoms with van der Waals surface area (Å²) in [6.45, 7) is 1.49. The van der Waals surface area contributed by atoms with Crippen LogP contribution < -0.4 is 15.4 Å². The van der Waals surface area contributed by atoms with Crippen LogP contribution in [-0.2, 0) is 28.0 Å². The first-order valence-corrected chi connectivity index (χ1v) is 12.3. The van der Waals surface area contributed by atoms with Gasteiger partial charge >= 0.3 is 18.0 Å². The molecule has 0 spiro atoms. The molecular weight excluding hydrogens is 498 g/mol. The monoisotopic (exact) mass is 519 g/mol. The number of carboxylic acid groups (broad SMARTS) is 1. The summed E-state index contributed by atoms with van der Waals surface area (Å²) < 4.78 is 6.44. The number of β-lactam (4-membered cyclic amide) rings is 1. The molecule has 0 aliphatic carbocycles. The maximum Gasteiger partial charge on any atom is 0.352 e. The molecule has 184 valence electrons. The summed E-state index contributed by atoms with van der Waals surface area (Å²) in [5, 5.41) is 26.2. The van der Waals surface area contributed by atoms with Gasteiger partial charge in [-0.2, -0.15) is 0 Å². The number of urea groups is 1. The lowest BCUT2D eigenvalue weighted by Crippen LogP contribution is -2.71. The zero-order valence-corrected chi connectivity index (χ0v) is 20.3. The van der Waals surface area contributed by atoms with Gasteiger partial charge in [-0.3, -0.25) is 14.5 Å². The van der Waals surface area contributed by atoms with E-state index in [1.807, 2.05) is 0 Å². The zero-order valence-electron chi connectivity index (χ0n) is 18.6. The lowest BCUT2D eigenvalue weighted by molar-refractivity contribution is -0.148. The first kappa shape index (κ1) is 24.5. The number of tetrazole rings is 1. The maximum atomic E-state index is 12.8. The number of amides is 3. The third-order valence-corrected chi connectivity index (χ3v) is 7.57. The van der Waals surface area contributed by atoms with Crippen LogP contribution in [0, 0.1) is 0 Å². The maximum absolute atomic E-state index is 12.8. The number of aliphatic carboxylic acids is 1. The Balaban J connectivity index is 1.33. The Labute approximate surface area is 207 Å². The Kier molecular flexibility index (Phi) is 7.25. The fraction of sp³-hybridized carbons (Fsp3) is 0.350. The Bertz CT molecular complexity index is 1200. The highest BCUT2D eigenvalue weighted by atomic mass is 32.2. The molecule has 2 aliphatic heterocycles. The average Bonchev–Trinajstić information content (AvgIpc) is 3.24. The van der Waals surface area contributed by atoms with Crippen molar-refractivity contribution in [1.29, 1.82) is 0 Å². The quantitative estimate of drug-likeness (QED) is 0.190. The molecule has 0 bridgehead atoms. The van der Waals surface area contributed by atoms with E-state index in [2.05, 4.69) is 26.2 Å². The first-order valence-electron chi connectivity index (χ1n) is 10.3. The van der Waals surface area contributed by atoms with Gasteiger partial charge < -0.3 is 20.5 Å². The number of carboxylic acids is 1. The second-order valence-corrected chi connectivity index (χ2v) is 9.63. The highest BCUT2D eigenvalue weighted by molar-refractivity contribution is 8.01. The van der Waals surface area contributed by atoms with Gasteiger partial charge in [-0.05, 0) is 33.7 Å². The van der Waals surface area contributed by atoms with Crippen molar-refractivity contribution in [2.75, 3.05) is 11.5 Å². The van der Waals surface area contributed by atoms with E-state index in [0.717, 1.165) is 5.56 Å². The highest BCUT2D eigenvalue weighted by Gasteiger charge is 2.54. The van der Waals surface area contributed by atoms with Gasteiger partial charge in [-0.15, -0.1) is 16.9 Å². The number of carbonyl (C=O) groups is 4. The predicted molar refractivity (Wildman–Crippen MR) is 124 cm³/mol. The lowest BCUT2D eigenvalue weighted by atomic mass is 10.0. The third-order valence-electron chi connectivity index (χ3n) is 5.13. The fourth-order valence-electron chi connectivity index (χ4n) is 3.51. The van der Waals surface area contributed by atoms with E-state index in [0.29, 0.717) is 28.0 Å². The number of hydrogen-bond donors (Lipinski definition) is 3. The molecule has 3 heterocycles. The van der Waals surface area contributed by atoms with Gasteiger partial charge in [0.25, 0.3) is 5.91 Å². The van der Waals surface area contributed by atoms with Crippen LogP contribution in [0.15, 0.2) is 40.7 Å². The predicted octanol–water partition coefficient (Wildman–Crippen LogP) is 0.349. The molecule has 35 heavy (non-hydrogen) atoms. The molecule has 1 saturated heterocycles. The number of aromatic nitrogens is 4. The number of esters is 1. The first-order chi connectivity index (χ1) is 16.7. The molecule has 1 fully saturated rings. The van der Waals surface area contributed by atoms with Crippen molar-refractivity contribution in [3.8, 4) is 5.75 Å². The number of ether oxygens (including phenoxy) is 1. The van der Waals surface area contributed by atoms with E-state index >= 15 is 0 Å². The van der Waals surface area contributed by atoms with Crippen LogP contribution >= 0.6 is 23.5 Å². The number of fused-ring (bicyclic) bond motifs is 1. The summed E-state index contributed by atoms with van der Waals surface area (Å²) in [4.78, 5) is 49.3. The Morgan fingerprint density at radius 3 is 2.66 bits per heavy atom. The average molecular weight is 520 g/mol. The number of hydrogen-bond acceptors (Lipinski definition) is 10. The minimum atomic E-state index is -1.20. The minimum Gasteiger partial charge on any atom is -0.477 e. The van der Waals surface area contributed by atoms with Gasteiger partial charge in [0.15, 0.2) is 0 Å². The molecule has 4 rings (SSSR count). The van der Waals surface area contributed by atoms with Crippen molar-refractivity contribution in [3.63, 3.8) is 0 Å². The number of nitrogens with one attached hydrogen (secondary N) is 2. The summed E-state index contributed by atoms with van der Waals surface area (Å²) in [5.41, 5.74) is 1.29. The van der Waals surface area contributed by atoms with E-state index in [1.54, 1.807) is 31.3 Å². The van der Waals surface area contributed by atoms with Crippen LogP contribution in [0.5, 0.6) is 5.75 Å². The van der Waals surface area contributed by atoms with Gasteiger partial charge in [0.05, 0.1) is 0 Å². The van der Waals surface area contributed by atoms with Crippen molar-refractivity contribution >= 4 is 47.4 Å². The van der Waals surface area contributed by atoms with Gasteiger partial charge in [0.1, 0.15) is 22.9 Å². The molecule has 0 saturated carbocycles. The molecule has 15 heteroatoms. The topological polar surface area (TPSA) is 169 Å². The molecule has 2 aromatic rings. The molecule has 3 N–H and O–H groups in total. The summed E-state index contributed by atoms with van der Waals surface area (Å²) >= 11 is 2.67. The SMILES string of the molecule is CC(=O)Oc1ccc(CNC(=O)NC2C(=O)N3C(C(=O)O)=C(CSc4nnnn4C)CS[C@@H]23)cc1. The lowest BCUT2D eigenvalue weighted by Gasteiger charge is -2.49. The summed E-state index contributed by atoms with van der Waals surface area (Å²) in [6.07, 6.45) is 0. The van der Waals surface area contributed by atoms with Crippen LogP contribution in [0.2, 0.25) is 0 Å². The van der Waals surface area contributed by atoms with Crippen LogP contribution in [0.25, 0.3) is 0 Å². The van der Waals surface area contributed by atoms with Gasteiger partial charge in [0, 0.05) is 32.0 Å². The van der Waals surface area contributed by atoms with Crippen molar-refractivity contribution in [2.24, 2.45) is 7.05 Å². The molecular formula is C20H21N7O6S2. The van der Waals surface area contributed by atoms with Crippen LogP contribution in [0.4, 0.5) is 4.79 Å². The summed E-state index contributed by atoms with van der Waals surface area (Å²) in [5.74, 6) is -1.01. The molecule has 3 amide bonds. The number of benzene rings is 1. The van der Waals surface area contributed by atoms with Crippen molar-refractivity contribution in [1.82, 2.24) is 35.7 Å². The molecule has 2 atom stereocenters. The molecule has 2 aliphatic rings. The Hall–Kier alpha value is -3.59. The Morgan fingerprint density at radius 2 is 2.03 bits per heavy atom. The standard InChI is InChI=1S/C20H21N7O6S2/c1-10(28)33-13-5-3-11(4-6-13)7-21-19(32)22-14-16(29)27-15(18(30)31)12(8-34-17(14)27)9-35-20-23-24-25-26(20)2/h3-6,14,17H,7-9H2,1-2H3,(H,30,31)(H2,21,22,32)/t14?,17-/m0/s1. The molecule has 1 aromatic carbocycles. The van der Waals surface area contributed by atoms with E-state index in [9.17, 15) is 24.3 Å². The van der Waals surface area contributed by atoms with Crippen molar-refractivity contribution in [3.05, 3.63) is 41.1 Å². The second-order valence-electron chi connectivity index (χ2n) is 7.58. The molecule has 1 unspecified atom stereocenters. The molecule has 0 radical (unpaired) electrons. The number of aryl methyl sites for hydroxylation is 1. The fourth-order valence-corrected chi connectivity index (χ4v) is 5.84. The zero-order chi connectivity index (χ0) is 25.1. The normalized spacial score (nSPS) is 19.0. The van der Waals surface area contributed by atoms with E-state index in [1.165, 1.54) is 40.0 Å². The molecule has 13 nitrogen and oxygen atoms in total. The van der Waals surface area contributed by atoms with E-state index in [4.69, 9.17) is 4.74 Å². The number of carbonyl (C=O) groups excluding carboxylic acids is 3. The summed E-state index contributed by atoms with van der Waals surface area (Å²) in [7, 11) is 1.68. The largest absolute Gasteiger partial charge is 0.477 e. The smallest absolute Gasteiger partial charge is 0.352 e. The second kappa shape index (κ2) is 10.4. The third kappa shape index (κ3) is 5.40. The number of rotatable bonds is 8. The number of thioether (sulfide) groups is 2. The van der Waals surface area contributed by atoms with E-state index in [-0.39, 0.29) is 12.2 Å². The van der Waals surface area contributed by atoms with Crippen LogP contribution in [0.3, 0.4) is 0 Å². The highest BCUT2D eigenvalue weighted by Crippen LogP contribution is 2.41. The van der Waals surface area contributed by atoms with Gasteiger partial charge in [0.2, 0.25) is 5.16 Å². The molecule has 1 aromatic heterocycles. The van der Waals surface area contributed by atoms with E-state index < -0.39 is 35.3 Å². The minimum absolute atomic E-state index is 0.0623. The van der Waals surface area contributed by atoms with Gasteiger partial charge in [-0.25, -0.2) is 14.3 Å². The van der Waals surface area contributed by atoms with Crippen LogP contribution in [-0.4, -0.2) is 77.0 Å².